The average molecular weight is 324 g/mol. The van der Waals surface area contributed by atoms with E-state index in [1.165, 1.54) is 6.42 Å². The summed E-state index contributed by atoms with van der Waals surface area (Å²) in [4.78, 5) is 28.5. The van der Waals surface area contributed by atoms with Crippen LogP contribution in [0.3, 0.4) is 0 Å². The minimum absolute atomic E-state index is 0.216. The lowest BCUT2D eigenvalue weighted by atomic mass is 9.84. The van der Waals surface area contributed by atoms with Crippen LogP contribution in [0.1, 0.15) is 66.2 Å². The predicted octanol–water partition coefficient (Wildman–Crippen LogP) is 3.42. The molecule has 0 aromatic carbocycles. The Balaban J connectivity index is 2.01. The highest BCUT2D eigenvalue weighted by atomic mass is 16.6. The fourth-order valence-corrected chi connectivity index (χ4v) is 3.78. The molecule has 5 heteroatoms. The number of hydrogen-bond acceptors (Lipinski definition) is 3. The first-order valence-corrected chi connectivity index (χ1v) is 9.09. The van der Waals surface area contributed by atoms with Crippen molar-refractivity contribution in [2.24, 2.45) is 5.92 Å². The normalized spacial score (nSPS) is 26.1. The average Bonchev–Trinajstić information content (AvgIpc) is 2.52. The summed E-state index contributed by atoms with van der Waals surface area (Å²) >= 11 is 0. The number of amides is 2. The van der Waals surface area contributed by atoms with Crippen molar-refractivity contribution in [3.8, 4) is 0 Å². The zero-order valence-electron chi connectivity index (χ0n) is 15.1. The lowest BCUT2D eigenvalue weighted by Gasteiger charge is -2.44. The summed E-state index contributed by atoms with van der Waals surface area (Å²) < 4.78 is 5.51. The van der Waals surface area contributed by atoms with Gasteiger partial charge in [-0.25, -0.2) is 4.79 Å². The first-order valence-electron chi connectivity index (χ1n) is 9.09. The second-order valence-corrected chi connectivity index (χ2v) is 7.83. The SMILES string of the molecule is CCC(=O)N1CCCC[C@H]1[C@@H]1CCCN(C(=O)OC(C)(C)C)C1. The molecule has 0 radical (unpaired) electrons. The van der Waals surface area contributed by atoms with E-state index in [1.54, 1.807) is 0 Å². The van der Waals surface area contributed by atoms with E-state index in [-0.39, 0.29) is 12.0 Å². The number of ether oxygens (including phenoxy) is 1. The van der Waals surface area contributed by atoms with Gasteiger partial charge in [0.25, 0.3) is 0 Å². The van der Waals surface area contributed by atoms with Crippen LogP contribution >= 0.6 is 0 Å². The molecule has 0 aromatic rings. The molecule has 5 nitrogen and oxygen atoms in total. The molecule has 2 saturated heterocycles. The first kappa shape index (κ1) is 18.1. The van der Waals surface area contributed by atoms with Crippen LogP contribution in [-0.4, -0.2) is 53.1 Å². The number of carbonyl (C=O) groups excluding carboxylic acids is 2. The van der Waals surface area contributed by atoms with Gasteiger partial charge in [0.2, 0.25) is 5.91 Å². The minimum Gasteiger partial charge on any atom is -0.444 e. The third-order valence-corrected chi connectivity index (χ3v) is 4.83. The van der Waals surface area contributed by atoms with Crippen molar-refractivity contribution in [1.82, 2.24) is 9.80 Å². The van der Waals surface area contributed by atoms with Crippen LogP contribution < -0.4 is 0 Å². The molecule has 23 heavy (non-hydrogen) atoms. The van der Waals surface area contributed by atoms with Crippen molar-refractivity contribution in [3.05, 3.63) is 0 Å². The Morgan fingerprint density at radius 3 is 2.48 bits per heavy atom. The molecule has 2 amide bonds. The van der Waals surface area contributed by atoms with E-state index in [4.69, 9.17) is 4.74 Å². The van der Waals surface area contributed by atoms with Gasteiger partial charge >= 0.3 is 6.09 Å². The second kappa shape index (κ2) is 7.54. The van der Waals surface area contributed by atoms with Gasteiger partial charge in [-0.15, -0.1) is 0 Å². The van der Waals surface area contributed by atoms with Gasteiger partial charge in [0.1, 0.15) is 5.60 Å². The van der Waals surface area contributed by atoms with E-state index in [1.807, 2.05) is 32.6 Å². The Hall–Kier alpha value is -1.26. The summed E-state index contributed by atoms with van der Waals surface area (Å²) in [6, 6.07) is 0.293. The van der Waals surface area contributed by atoms with Crippen LogP contribution in [0.4, 0.5) is 4.79 Å². The number of nitrogens with zero attached hydrogens (tertiary/aromatic N) is 2. The Labute approximate surface area is 140 Å². The van der Waals surface area contributed by atoms with E-state index in [0.29, 0.717) is 24.9 Å². The van der Waals surface area contributed by atoms with Gasteiger partial charge in [-0.2, -0.15) is 0 Å². The maximum atomic E-state index is 12.3. The number of piperidine rings is 2. The van der Waals surface area contributed by atoms with Crippen LogP contribution in [0.5, 0.6) is 0 Å². The number of hydrogen-bond donors (Lipinski definition) is 0. The Morgan fingerprint density at radius 1 is 1.09 bits per heavy atom. The molecule has 0 unspecified atom stereocenters. The van der Waals surface area contributed by atoms with Crippen LogP contribution in [0.25, 0.3) is 0 Å². The van der Waals surface area contributed by atoms with E-state index < -0.39 is 5.60 Å². The first-order chi connectivity index (χ1) is 10.8. The number of likely N-dealkylation sites (tertiary alicyclic amines) is 2. The summed E-state index contributed by atoms with van der Waals surface area (Å²) in [5.74, 6) is 0.635. The van der Waals surface area contributed by atoms with E-state index >= 15 is 0 Å². The van der Waals surface area contributed by atoms with Crippen molar-refractivity contribution in [2.45, 2.75) is 77.9 Å². The van der Waals surface area contributed by atoms with Crippen molar-refractivity contribution in [1.29, 1.82) is 0 Å². The van der Waals surface area contributed by atoms with Crippen molar-refractivity contribution < 1.29 is 14.3 Å². The maximum absolute atomic E-state index is 12.3. The Morgan fingerprint density at radius 2 is 1.83 bits per heavy atom. The van der Waals surface area contributed by atoms with Gasteiger partial charge in [0.05, 0.1) is 0 Å². The quantitative estimate of drug-likeness (QED) is 0.782. The highest BCUT2D eigenvalue weighted by molar-refractivity contribution is 5.76. The van der Waals surface area contributed by atoms with Crippen LogP contribution in [0.2, 0.25) is 0 Å². The molecule has 2 heterocycles. The zero-order chi connectivity index (χ0) is 17.0. The van der Waals surface area contributed by atoms with Crippen molar-refractivity contribution in [3.63, 3.8) is 0 Å². The maximum Gasteiger partial charge on any atom is 0.410 e. The largest absolute Gasteiger partial charge is 0.444 e. The predicted molar refractivity (Wildman–Crippen MR) is 90.2 cm³/mol. The third-order valence-electron chi connectivity index (χ3n) is 4.83. The molecule has 2 rings (SSSR count). The fourth-order valence-electron chi connectivity index (χ4n) is 3.78. The summed E-state index contributed by atoms with van der Waals surface area (Å²) in [7, 11) is 0. The summed E-state index contributed by atoms with van der Waals surface area (Å²) in [6.45, 7) is 9.98. The van der Waals surface area contributed by atoms with Crippen molar-refractivity contribution >= 4 is 12.0 Å². The van der Waals surface area contributed by atoms with Gasteiger partial charge in [-0.1, -0.05) is 6.92 Å². The molecular formula is C18H32N2O3. The molecule has 2 aliphatic rings. The number of carbonyl (C=O) groups is 2. The smallest absolute Gasteiger partial charge is 0.410 e. The van der Waals surface area contributed by atoms with Gasteiger partial charge in [-0.3, -0.25) is 4.79 Å². The van der Waals surface area contributed by atoms with Crippen LogP contribution in [0.15, 0.2) is 0 Å². The van der Waals surface area contributed by atoms with Gasteiger partial charge in [-0.05, 0) is 58.8 Å². The second-order valence-electron chi connectivity index (χ2n) is 7.83. The van der Waals surface area contributed by atoms with Crippen LogP contribution in [-0.2, 0) is 9.53 Å². The van der Waals surface area contributed by atoms with E-state index in [0.717, 1.165) is 38.8 Å². The summed E-state index contributed by atoms with van der Waals surface area (Å²) in [5, 5.41) is 0. The van der Waals surface area contributed by atoms with E-state index in [2.05, 4.69) is 4.90 Å². The topological polar surface area (TPSA) is 49.9 Å². The monoisotopic (exact) mass is 324 g/mol. The molecule has 0 aliphatic carbocycles. The zero-order valence-corrected chi connectivity index (χ0v) is 15.1. The molecule has 0 bridgehead atoms. The highest BCUT2D eigenvalue weighted by Gasteiger charge is 2.36. The minimum atomic E-state index is -0.459. The molecule has 132 valence electrons. The lowest BCUT2D eigenvalue weighted by Crippen LogP contribution is -2.53. The highest BCUT2D eigenvalue weighted by Crippen LogP contribution is 2.30. The van der Waals surface area contributed by atoms with Crippen LogP contribution in [0, 0.1) is 5.92 Å². The lowest BCUT2D eigenvalue weighted by molar-refractivity contribution is -0.136. The molecule has 0 N–H and O–H groups in total. The summed E-state index contributed by atoms with van der Waals surface area (Å²) in [6.07, 6.45) is 5.79. The summed E-state index contributed by atoms with van der Waals surface area (Å²) in [5.41, 5.74) is -0.459. The Bertz CT molecular complexity index is 430. The van der Waals surface area contributed by atoms with E-state index in [9.17, 15) is 9.59 Å². The molecule has 2 aliphatic heterocycles. The Kier molecular flexibility index (Phi) is 5.93. The van der Waals surface area contributed by atoms with Gasteiger partial charge < -0.3 is 14.5 Å². The standard InChI is InChI=1S/C18H32N2O3/c1-5-16(21)20-12-7-6-10-15(20)14-9-8-11-19(13-14)17(22)23-18(2,3)4/h14-15H,5-13H2,1-4H3/t14-,15+/m1/s1. The van der Waals surface area contributed by atoms with Gasteiger partial charge in [0, 0.05) is 32.1 Å². The molecule has 2 atom stereocenters. The number of rotatable bonds is 2. The third kappa shape index (κ3) is 4.85. The molecule has 0 aromatic heterocycles. The molecular weight excluding hydrogens is 292 g/mol. The van der Waals surface area contributed by atoms with Crippen molar-refractivity contribution in [2.75, 3.05) is 19.6 Å². The molecule has 0 saturated carbocycles. The van der Waals surface area contributed by atoms with Gasteiger partial charge in [0.15, 0.2) is 0 Å². The molecule has 2 fully saturated rings. The fraction of sp³-hybridized carbons (Fsp3) is 0.889. The molecule has 0 spiro atoms.